The van der Waals surface area contributed by atoms with Crippen LogP contribution in [0.15, 0.2) is 18.3 Å². The van der Waals surface area contributed by atoms with Gasteiger partial charge in [0.05, 0.1) is 0 Å². The van der Waals surface area contributed by atoms with Gasteiger partial charge in [0.2, 0.25) is 5.91 Å². The number of aliphatic hydroxyl groups excluding tert-OH is 1. The molecule has 21 heavy (non-hydrogen) atoms. The van der Waals surface area contributed by atoms with Crippen molar-refractivity contribution in [2.24, 2.45) is 5.92 Å². The lowest BCUT2D eigenvalue weighted by atomic mass is 10.2. The fourth-order valence-electron chi connectivity index (χ4n) is 1.69. The van der Waals surface area contributed by atoms with Crippen molar-refractivity contribution in [2.45, 2.75) is 12.8 Å². The van der Waals surface area contributed by atoms with E-state index < -0.39 is 0 Å². The highest BCUT2D eigenvalue weighted by Crippen LogP contribution is 2.28. The highest BCUT2D eigenvalue weighted by atomic mass is 16.2. The molecule has 0 bridgehead atoms. The number of hydrogen-bond acceptors (Lipinski definition) is 4. The van der Waals surface area contributed by atoms with Gasteiger partial charge in [-0.15, -0.1) is 0 Å². The van der Waals surface area contributed by atoms with E-state index in [9.17, 15) is 9.59 Å². The molecule has 1 aromatic heterocycles. The van der Waals surface area contributed by atoms with Crippen LogP contribution in [0.2, 0.25) is 0 Å². The summed E-state index contributed by atoms with van der Waals surface area (Å²) in [6.45, 7) is 0.570. The van der Waals surface area contributed by atoms with Gasteiger partial charge in [-0.25, -0.2) is 4.98 Å². The minimum Gasteiger partial charge on any atom is -0.384 e. The third-order valence-corrected chi connectivity index (χ3v) is 2.97. The maximum Gasteiger partial charge on any atom is 0.269 e. The average molecular weight is 287 g/mol. The van der Waals surface area contributed by atoms with E-state index in [1.807, 2.05) is 0 Å². The number of rotatable bonds is 5. The molecule has 2 amide bonds. The summed E-state index contributed by atoms with van der Waals surface area (Å²) in [6, 6.07) is 3.24. The van der Waals surface area contributed by atoms with Crippen molar-refractivity contribution in [1.82, 2.24) is 15.6 Å². The zero-order chi connectivity index (χ0) is 15.1. The third-order valence-electron chi connectivity index (χ3n) is 2.97. The Labute approximate surface area is 123 Å². The van der Waals surface area contributed by atoms with Crippen LogP contribution in [0.3, 0.4) is 0 Å². The van der Waals surface area contributed by atoms with Gasteiger partial charge in [-0.2, -0.15) is 0 Å². The minimum absolute atomic E-state index is 0.0641. The fourth-order valence-corrected chi connectivity index (χ4v) is 1.69. The molecule has 0 aromatic carbocycles. The van der Waals surface area contributed by atoms with E-state index in [0.717, 1.165) is 12.8 Å². The van der Waals surface area contributed by atoms with Gasteiger partial charge in [0, 0.05) is 30.8 Å². The van der Waals surface area contributed by atoms with E-state index in [1.54, 1.807) is 12.1 Å². The molecule has 0 atom stereocenters. The molecule has 0 unspecified atom stereocenters. The molecule has 3 N–H and O–H groups in total. The summed E-state index contributed by atoms with van der Waals surface area (Å²) < 4.78 is 0. The molecule has 6 nitrogen and oxygen atoms in total. The molecule has 110 valence electrons. The zero-order valence-corrected chi connectivity index (χ0v) is 11.6. The quantitative estimate of drug-likeness (QED) is 0.511. The van der Waals surface area contributed by atoms with Crippen molar-refractivity contribution in [3.8, 4) is 11.8 Å². The summed E-state index contributed by atoms with van der Waals surface area (Å²) in [5, 5.41) is 14.0. The lowest BCUT2D eigenvalue weighted by Gasteiger charge is -2.06. The third kappa shape index (κ3) is 4.89. The number of carbonyl (C=O) groups is 2. The molecule has 1 aliphatic carbocycles. The van der Waals surface area contributed by atoms with Crippen LogP contribution < -0.4 is 10.6 Å². The van der Waals surface area contributed by atoms with Gasteiger partial charge in [-0.1, -0.05) is 11.8 Å². The highest BCUT2D eigenvalue weighted by Gasteiger charge is 2.28. The summed E-state index contributed by atoms with van der Waals surface area (Å²) in [5.41, 5.74) is 0.926. The van der Waals surface area contributed by atoms with E-state index >= 15 is 0 Å². The molecule has 0 saturated heterocycles. The topological polar surface area (TPSA) is 91.3 Å². The Hall–Kier alpha value is -2.39. The highest BCUT2D eigenvalue weighted by molar-refractivity contribution is 5.92. The molecule has 1 heterocycles. The molecule has 1 saturated carbocycles. The Kier molecular flexibility index (Phi) is 5.29. The first kappa shape index (κ1) is 15.0. The Balaban J connectivity index is 1.73. The molecule has 1 aromatic rings. The Morgan fingerprint density at radius 2 is 2.05 bits per heavy atom. The van der Waals surface area contributed by atoms with Crippen molar-refractivity contribution in [3.05, 3.63) is 29.6 Å². The molecular weight excluding hydrogens is 270 g/mol. The SMILES string of the molecule is O=C(NCCNC(=O)C1CC1)c1ccc(C#CCO)cn1. The molecule has 0 radical (unpaired) electrons. The second-order valence-corrected chi connectivity index (χ2v) is 4.71. The number of pyridine rings is 1. The maximum absolute atomic E-state index is 11.8. The molecule has 6 heteroatoms. The number of amides is 2. The van der Waals surface area contributed by atoms with Crippen molar-refractivity contribution in [1.29, 1.82) is 0 Å². The Morgan fingerprint density at radius 1 is 1.29 bits per heavy atom. The summed E-state index contributed by atoms with van der Waals surface area (Å²) in [6.07, 6.45) is 3.41. The van der Waals surface area contributed by atoms with Crippen LogP contribution in [0.5, 0.6) is 0 Å². The Morgan fingerprint density at radius 3 is 2.67 bits per heavy atom. The summed E-state index contributed by atoms with van der Waals surface area (Å²) in [4.78, 5) is 27.2. The first-order chi connectivity index (χ1) is 10.2. The molecule has 2 rings (SSSR count). The average Bonchev–Trinajstić information content (AvgIpc) is 3.34. The number of aromatic nitrogens is 1. The predicted octanol–water partition coefficient (Wildman–Crippen LogP) is -0.319. The van der Waals surface area contributed by atoms with Crippen molar-refractivity contribution in [3.63, 3.8) is 0 Å². The van der Waals surface area contributed by atoms with E-state index in [-0.39, 0.29) is 30.0 Å². The predicted molar refractivity (Wildman–Crippen MR) is 76.3 cm³/mol. The van der Waals surface area contributed by atoms with E-state index in [4.69, 9.17) is 5.11 Å². The van der Waals surface area contributed by atoms with Crippen LogP contribution in [0.1, 0.15) is 28.9 Å². The number of aliphatic hydroxyl groups is 1. The van der Waals surface area contributed by atoms with Gasteiger partial charge in [-0.05, 0) is 25.0 Å². The van der Waals surface area contributed by atoms with Crippen molar-refractivity contribution in [2.75, 3.05) is 19.7 Å². The summed E-state index contributed by atoms with van der Waals surface area (Å²) in [5.74, 6) is 5.15. The monoisotopic (exact) mass is 287 g/mol. The van der Waals surface area contributed by atoms with Crippen molar-refractivity contribution >= 4 is 11.8 Å². The van der Waals surface area contributed by atoms with E-state index in [1.165, 1.54) is 6.20 Å². The molecule has 1 fully saturated rings. The van der Waals surface area contributed by atoms with Crippen LogP contribution in [0, 0.1) is 17.8 Å². The van der Waals surface area contributed by atoms with Gasteiger partial charge < -0.3 is 15.7 Å². The smallest absolute Gasteiger partial charge is 0.269 e. The first-order valence-electron chi connectivity index (χ1n) is 6.82. The zero-order valence-electron chi connectivity index (χ0n) is 11.6. The second kappa shape index (κ2) is 7.41. The maximum atomic E-state index is 11.8. The minimum atomic E-state index is -0.294. The lowest BCUT2D eigenvalue weighted by Crippen LogP contribution is -2.35. The second-order valence-electron chi connectivity index (χ2n) is 4.71. The largest absolute Gasteiger partial charge is 0.384 e. The summed E-state index contributed by atoms with van der Waals surface area (Å²) >= 11 is 0. The van der Waals surface area contributed by atoms with Gasteiger partial charge in [0.25, 0.3) is 5.91 Å². The molecule has 0 spiro atoms. The molecular formula is C15H17N3O3. The molecule has 1 aliphatic rings. The molecule has 0 aliphatic heterocycles. The van der Waals surface area contributed by atoms with Crippen LogP contribution in [-0.2, 0) is 4.79 Å². The van der Waals surface area contributed by atoms with Gasteiger partial charge >= 0.3 is 0 Å². The fraction of sp³-hybridized carbons (Fsp3) is 0.400. The number of hydrogen-bond donors (Lipinski definition) is 3. The van der Waals surface area contributed by atoms with Crippen LogP contribution in [0.25, 0.3) is 0 Å². The van der Waals surface area contributed by atoms with Gasteiger partial charge in [0.1, 0.15) is 12.3 Å². The lowest BCUT2D eigenvalue weighted by molar-refractivity contribution is -0.122. The van der Waals surface area contributed by atoms with Crippen LogP contribution >= 0.6 is 0 Å². The normalized spacial score (nSPS) is 13.0. The van der Waals surface area contributed by atoms with Crippen LogP contribution in [-0.4, -0.2) is 41.6 Å². The van der Waals surface area contributed by atoms with Gasteiger partial charge in [0.15, 0.2) is 0 Å². The standard InChI is InChI=1S/C15H17N3O3/c19-9-1-2-11-3-6-13(18-10-11)15(21)17-8-7-16-14(20)12-4-5-12/h3,6,10,12,19H,4-5,7-9H2,(H,16,20)(H,17,21). The summed E-state index contributed by atoms with van der Waals surface area (Å²) in [7, 11) is 0. The van der Waals surface area contributed by atoms with Crippen molar-refractivity contribution < 1.29 is 14.7 Å². The first-order valence-corrected chi connectivity index (χ1v) is 6.82. The van der Waals surface area contributed by atoms with E-state index in [2.05, 4.69) is 27.5 Å². The number of nitrogens with zero attached hydrogens (tertiary/aromatic N) is 1. The van der Waals surface area contributed by atoms with Gasteiger partial charge in [-0.3, -0.25) is 9.59 Å². The number of nitrogens with one attached hydrogen (secondary N) is 2. The van der Waals surface area contributed by atoms with E-state index in [0.29, 0.717) is 18.7 Å². The van der Waals surface area contributed by atoms with Crippen LogP contribution in [0.4, 0.5) is 0 Å². The number of carbonyl (C=O) groups excluding carboxylic acids is 2. The Bertz CT molecular complexity index is 568.